The number of amides is 1. The molecule has 1 aliphatic rings. The topological polar surface area (TPSA) is 102 Å². The maximum absolute atomic E-state index is 14.0. The largest absolute Gasteiger partial charge is 0.497 e. The fraction of sp³-hybridized carbons (Fsp3) is 0.333. The molecule has 0 saturated carbocycles. The molecule has 0 atom stereocenters. The lowest BCUT2D eigenvalue weighted by Crippen LogP contribution is -2.41. The van der Waals surface area contributed by atoms with Crippen LogP contribution in [0.4, 0.5) is 10.1 Å². The van der Waals surface area contributed by atoms with Crippen LogP contribution in [-0.2, 0) is 19.6 Å². The van der Waals surface area contributed by atoms with Crippen LogP contribution in [0.15, 0.2) is 47.4 Å². The third-order valence-corrected chi connectivity index (χ3v) is 7.10. The van der Waals surface area contributed by atoms with Crippen LogP contribution in [-0.4, -0.2) is 51.9 Å². The maximum atomic E-state index is 14.0. The molecule has 1 aliphatic heterocycles. The quantitative estimate of drug-likeness (QED) is 0.679. The van der Waals surface area contributed by atoms with Crippen LogP contribution in [0.1, 0.15) is 23.2 Å². The zero-order chi connectivity index (χ0) is 22.6. The van der Waals surface area contributed by atoms with E-state index >= 15 is 0 Å². The van der Waals surface area contributed by atoms with Gasteiger partial charge < -0.3 is 14.8 Å². The number of methoxy groups -OCH3 is 2. The van der Waals surface area contributed by atoms with Gasteiger partial charge in [0.25, 0.3) is 0 Å². The second-order valence-corrected chi connectivity index (χ2v) is 8.91. The summed E-state index contributed by atoms with van der Waals surface area (Å²) in [4.78, 5) is 24.4. The summed E-state index contributed by atoms with van der Waals surface area (Å²) in [6.07, 6.45) is 0.534. The highest BCUT2D eigenvalue weighted by Gasteiger charge is 2.33. The molecule has 0 radical (unpaired) electrons. The fourth-order valence-corrected chi connectivity index (χ4v) is 4.96. The Hall–Kier alpha value is -2.98. The molecule has 8 nitrogen and oxygen atoms in total. The second kappa shape index (κ2) is 9.44. The molecule has 1 N–H and O–H groups in total. The van der Waals surface area contributed by atoms with Gasteiger partial charge >= 0.3 is 5.97 Å². The summed E-state index contributed by atoms with van der Waals surface area (Å²) in [6, 6.07) is 9.82. The number of hydrogen-bond acceptors (Lipinski definition) is 6. The van der Waals surface area contributed by atoms with Crippen LogP contribution in [0.2, 0.25) is 0 Å². The Morgan fingerprint density at radius 2 is 1.77 bits per heavy atom. The summed E-state index contributed by atoms with van der Waals surface area (Å²) in [5.74, 6) is -1.79. The first-order chi connectivity index (χ1) is 14.8. The third kappa shape index (κ3) is 4.86. The Balaban J connectivity index is 1.69. The van der Waals surface area contributed by atoms with E-state index in [2.05, 4.69) is 5.32 Å². The molecule has 0 spiro atoms. The van der Waals surface area contributed by atoms with E-state index in [0.717, 1.165) is 6.07 Å². The van der Waals surface area contributed by atoms with Crippen molar-refractivity contribution in [3.63, 3.8) is 0 Å². The Bertz CT molecular complexity index is 1080. The maximum Gasteiger partial charge on any atom is 0.340 e. The lowest BCUT2D eigenvalue weighted by Gasteiger charge is -2.30. The molecular formula is C21H23FN2O6S. The first kappa shape index (κ1) is 22.7. The Kier molecular flexibility index (Phi) is 6.91. The normalized spacial score (nSPS) is 15.3. The van der Waals surface area contributed by atoms with Crippen molar-refractivity contribution in [1.82, 2.24) is 4.31 Å². The molecular weight excluding hydrogens is 427 g/mol. The third-order valence-electron chi connectivity index (χ3n) is 5.17. The molecule has 2 aromatic carbocycles. The van der Waals surface area contributed by atoms with Crippen molar-refractivity contribution in [2.75, 3.05) is 32.6 Å². The Morgan fingerprint density at radius 3 is 2.39 bits per heavy atom. The molecule has 0 aliphatic carbocycles. The molecule has 1 fully saturated rings. The van der Waals surface area contributed by atoms with E-state index in [4.69, 9.17) is 9.47 Å². The van der Waals surface area contributed by atoms with Crippen molar-refractivity contribution in [3.05, 3.63) is 53.8 Å². The van der Waals surface area contributed by atoms with Gasteiger partial charge in [0.05, 0.1) is 25.5 Å². The van der Waals surface area contributed by atoms with Crippen molar-refractivity contribution in [3.8, 4) is 5.75 Å². The number of carbonyl (C=O) groups excluding carboxylic acids is 2. The second-order valence-electron chi connectivity index (χ2n) is 7.00. The standard InChI is InChI=1S/C21H23FN2O6S/c1-29-15-7-8-18(16(13-15)21(26)30-2)23-20(25)14-9-11-24(12-10-14)31(27,28)19-6-4-3-5-17(19)22/h3-8,13-14H,9-12H2,1-2H3,(H,23,25). The van der Waals surface area contributed by atoms with Gasteiger partial charge in [-0.2, -0.15) is 4.31 Å². The monoisotopic (exact) mass is 450 g/mol. The number of anilines is 1. The van der Waals surface area contributed by atoms with Gasteiger partial charge in [0, 0.05) is 19.0 Å². The zero-order valence-corrected chi connectivity index (χ0v) is 17.9. The molecule has 166 valence electrons. The van der Waals surface area contributed by atoms with Gasteiger partial charge in [-0.05, 0) is 43.2 Å². The number of halogens is 1. The number of rotatable bonds is 6. The lowest BCUT2D eigenvalue weighted by atomic mass is 9.97. The van der Waals surface area contributed by atoms with E-state index < -0.39 is 27.7 Å². The molecule has 31 heavy (non-hydrogen) atoms. The average Bonchev–Trinajstić information content (AvgIpc) is 2.79. The van der Waals surface area contributed by atoms with E-state index in [1.807, 2.05) is 0 Å². The number of nitrogens with one attached hydrogen (secondary N) is 1. The van der Waals surface area contributed by atoms with E-state index in [0.29, 0.717) is 5.75 Å². The molecule has 1 heterocycles. The Labute approximate surface area is 180 Å². The van der Waals surface area contributed by atoms with E-state index in [-0.39, 0.29) is 48.0 Å². The Morgan fingerprint density at radius 1 is 1.10 bits per heavy atom. The summed E-state index contributed by atoms with van der Waals surface area (Å²) in [5.41, 5.74) is 0.425. The molecule has 10 heteroatoms. The molecule has 1 saturated heterocycles. The molecule has 0 aromatic heterocycles. The van der Waals surface area contributed by atoms with Crippen LogP contribution in [0.5, 0.6) is 5.75 Å². The molecule has 2 aromatic rings. The van der Waals surface area contributed by atoms with Gasteiger partial charge in [0.2, 0.25) is 15.9 Å². The number of sulfonamides is 1. The summed E-state index contributed by atoms with van der Waals surface area (Å²) >= 11 is 0. The average molecular weight is 450 g/mol. The minimum absolute atomic E-state index is 0.0845. The minimum Gasteiger partial charge on any atom is -0.497 e. The fourth-order valence-electron chi connectivity index (χ4n) is 3.42. The summed E-state index contributed by atoms with van der Waals surface area (Å²) < 4.78 is 50.4. The number of esters is 1. The van der Waals surface area contributed by atoms with Crippen molar-refractivity contribution in [1.29, 1.82) is 0 Å². The van der Waals surface area contributed by atoms with Crippen LogP contribution in [0, 0.1) is 11.7 Å². The SMILES string of the molecule is COC(=O)c1cc(OC)ccc1NC(=O)C1CCN(S(=O)(=O)c2ccccc2F)CC1. The van der Waals surface area contributed by atoms with Gasteiger partial charge in [-0.1, -0.05) is 12.1 Å². The number of ether oxygens (including phenoxy) is 2. The first-order valence-corrected chi connectivity index (χ1v) is 11.0. The van der Waals surface area contributed by atoms with E-state index in [1.54, 1.807) is 12.1 Å². The highest BCUT2D eigenvalue weighted by atomic mass is 32.2. The van der Waals surface area contributed by atoms with E-state index in [1.165, 1.54) is 42.8 Å². The molecule has 1 amide bonds. The van der Waals surface area contributed by atoms with Crippen molar-refractivity contribution in [2.45, 2.75) is 17.7 Å². The van der Waals surface area contributed by atoms with Crippen LogP contribution in [0.25, 0.3) is 0 Å². The van der Waals surface area contributed by atoms with Crippen molar-refractivity contribution in [2.24, 2.45) is 5.92 Å². The van der Waals surface area contributed by atoms with E-state index in [9.17, 15) is 22.4 Å². The smallest absolute Gasteiger partial charge is 0.340 e. The molecule has 0 bridgehead atoms. The van der Waals surface area contributed by atoms with Crippen LogP contribution >= 0.6 is 0 Å². The zero-order valence-electron chi connectivity index (χ0n) is 17.1. The molecule has 3 rings (SSSR count). The number of hydrogen-bond donors (Lipinski definition) is 1. The van der Waals surface area contributed by atoms with Crippen LogP contribution < -0.4 is 10.1 Å². The lowest BCUT2D eigenvalue weighted by molar-refractivity contribution is -0.120. The first-order valence-electron chi connectivity index (χ1n) is 9.60. The van der Waals surface area contributed by atoms with Crippen LogP contribution in [0.3, 0.4) is 0 Å². The number of nitrogens with zero attached hydrogens (tertiary/aromatic N) is 1. The van der Waals surface area contributed by atoms with Gasteiger partial charge in [0.15, 0.2) is 0 Å². The number of benzene rings is 2. The van der Waals surface area contributed by atoms with Gasteiger partial charge in [0.1, 0.15) is 16.5 Å². The molecule has 0 unspecified atom stereocenters. The number of carbonyl (C=O) groups is 2. The predicted molar refractivity (Wildman–Crippen MR) is 111 cm³/mol. The highest BCUT2D eigenvalue weighted by molar-refractivity contribution is 7.89. The minimum atomic E-state index is -3.98. The number of piperidine rings is 1. The summed E-state index contributed by atoms with van der Waals surface area (Å²) in [5, 5.41) is 2.72. The van der Waals surface area contributed by atoms with Crippen molar-refractivity contribution >= 4 is 27.6 Å². The predicted octanol–water partition coefficient (Wildman–Crippen LogP) is 2.66. The van der Waals surface area contributed by atoms with Gasteiger partial charge in [-0.15, -0.1) is 0 Å². The van der Waals surface area contributed by atoms with Gasteiger partial charge in [-0.3, -0.25) is 4.79 Å². The summed E-state index contributed by atoms with van der Waals surface area (Å²) in [6.45, 7) is 0.169. The highest BCUT2D eigenvalue weighted by Crippen LogP contribution is 2.28. The van der Waals surface area contributed by atoms with Crippen molar-refractivity contribution < 1.29 is 31.9 Å². The van der Waals surface area contributed by atoms with Gasteiger partial charge in [-0.25, -0.2) is 17.6 Å². The summed E-state index contributed by atoms with van der Waals surface area (Å²) in [7, 11) is -1.29.